The highest BCUT2D eigenvalue weighted by Gasteiger charge is 2.24. The van der Waals surface area contributed by atoms with Crippen molar-refractivity contribution >= 4 is 11.6 Å². The van der Waals surface area contributed by atoms with Crippen LogP contribution in [0.2, 0.25) is 0 Å². The van der Waals surface area contributed by atoms with Crippen molar-refractivity contribution in [3.05, 3.63) is 66.0 Å². The lowest BCUT2D eigenvalue weighted by Gasteiger charge is -2.14. The number of carbonyl (C=O) groups excluding carboxylic acids is 1. The molecule has 1 aromatic carbocycles. The van der Waals surface area contributed by atoms with Crippen LogP contribution in [0.4, 0.5) is 10.1 Å². The summed E-state index contributed by atoms with van der Waals surface area (Å²) in [6, 6.07) is 9.83. The summed E-state index contributed by atoms with van der Waals surface area (Å²) in [7, 11) is 3.97. The fourth-order valence-corrected chi connectivity index (χ4v) is 3.17. The Kier molecular flexibility index (Phi) is 4.92. The van der Waals surface area contributed by atoms with Gasteiger partial charge in [0.25, 0.3) is 5.91 Å². The first-order chi connectivity index (χ1) is 13.5. The molecule has 1 aliphatic rings. The van der Waals surface area contributed by atoms with Crippen molar-refractivity contribution < 1.29 is 9.18 Å². The second-order valence-electron chi connectivity index (χ2n) is 7.35. The average Bonchev–Trinajstić information content (AvgIpc) is 3.42. The Hall–Kier alpha value is -3.06. The predicted octanol–water partition coefficient (Wildman–Crippen LogP) is 3.73. The van der Waals surface area contributed by atoms with Crippen LogP contribution in [0.5, 0.6) is 0 Å². The van der Waals surface area contributed by atoms with Crippen molar-refractivity contribution in [2.45, 2.75) is 25.4 Å². The van der Waals surface area contributed by atoms with Crippen LogP contribution in [-0.4, -0.2) is 39.7 Å². The number of halogens is 1. The van der Waals surface area contributed by atoms with E-state index in [-0.39, 0.29) is 5.56 Å². The van der Waals surface area contributed by atoms with Crippen LogP contribution in [-0.2, 0) is 6.54 Å². The molecule has 7 heteroatoms. The van der Waals surface area contributed by atoms with Gasteiger partial charge in [-0.1, -0.05) is 24.3 Å². The number of benzene rings is 1. The third kappa shape index (κ3) is 3.94. The van der Waals surface area contributed by atoms with Gasteiger partial charge in [-0.3, -0.25) is 9.48 Å². The van der Waals surface area contributed by atoms with Gasteiger partial charge >= 0.3 is 0 Å². The Morgan fingerprint density at radius 2 is 2.07 bits per heavy atom. The highest BCUT2D eigenvalue weighted by Crippen LogP contribution is 2.34. The number of anilines is 1. The minimum Gasteiger partial charge on any atom is -0.319 e. The maximum Gasteiger partial charge on any atom is 0.260 e. The standard InChI is InChI=1S/C21H22FN5O/c1-26(2)12-14-5-3-4-6-18(14)15-9-19(20(22)23-10-15)21(28)25-16-11-24-27(13-16)17-7-8-17/h3-6,9-11,13,17H,7-8,12H2,1-2H3,(H,25,28). The molecular weight excluding hydrogens is 357 g/mol. The fourth-order valence-electron chi connectivity index (χ4n) is 3.17. The Morgan fingerprint density at radius 1 is 1.29 bits per heavy atom. The molecule has 2 aromatic heterocycles. The molecule has 2 heterocycles. The third-order valence-electron chi connectivity index (χ3n) is 4.68. The van der Waals surface area contributed by atoms with E-state index in [1.165, 1.54) is 6.20 Å². The highest BCUT2D eigenvalue weighted by atomic mass is 19.1. The summed E-state index contributed by atoms with van der Waals surface area (Å²) < 4.78 is 16.1. The molecular formula is C21H22FN5O. The number of aromatic nitrogens is 3. The molecule has 0 atom stereocenters. The quantitative estimate of drug-likeness (QED) is 0.663. The number of rotatable bonds is 6. The molecule has 0 saturated heterocycles. The molecule has 3 aromatic rings. The summed E-state index contributed by atoms with van der Waals surface area (Å²) in [6.07, 6.45) is 7.02. The second-order valence-corrected chi connectivity index (χ2v) is 7.35. The maximum absolute atomic E-state index is 14.3. The lowest BCUT2D eigenvalue weighted by Crippen LogP contribution is -2.15. The Balaban J connectivity index is 1.61. The van der Waals surface area contributed by atoms with E-state index in [2.05, 4.69) is 20.3 Å². The summed E-state index contributed by atoms with van der Waals surface area (Å²) in [5, 5.41) is 6.96. The van der Waals surface area contributed by atoms with E-state index in [1.54, 1.807) is 18.5 Å². The van der Waals surface area contributed by atoms with Crippen LogP contribution in [0.15, 0.2) is 48.9 Å². The number of amides is 1. The van der Waals surface area contributed by atoms with E-state index in [1.807, 2.05) is 43.0 Å². The minimum absolute atomic E-state index is 0.0867. The van der Waals surface area contributed by atoms with Gasteiger partial charge in [-0.15, -0.1) is 0 Å². The van der Waals surface area contributed by atoms with Crippen LogP contribution in [0.1, 0.15) is 34.8 Å². The zero-order valence-corrected chi connectivity index (χ0v) is 15.9. The highest BCUT2D eigenvalue weighted by molar-refractivity contribution is 6.04. The monoisotopic (exact) mass is 379 g/mol. The molecule has 1 amide bonds. The topological polar surface area (TPSA) is 63.1 Å². The molecule has 6 nitrogen and oxygen atoms in total. The van der Waals surface area contributed by atoms with Crippen molar-refractivity contribution in [1.82, 2.24) is 19.7 Å². The van der Waals surface area contributed by atoms with Crippen LogP contribution in [0, 0.1) is 5.95 Å². The van der Waals surface area contributed by atoms with Crippen LogP contribution in [0.3, 0.4) is 0 Å². The van der Waals surface area contributed by atoms with Crippen molar-refractivity contribution in [2.24, 2.45) is 0 Å². The van der Waals surface area contributed by atoms with E-state index in [9.17, 15) is 9.18 Å². The predicted molar refractivity (Wildman–Crippen MR) is 105 cm³/mol. The zero-order chi connectivity index (χ0) is 19.7. The first-order valence-electron chi connectivity index (χ1n) is 9.25. The Bertz CT molecular complexity index is 1010. The summed E-state index contributed by atoms with van der Waals surface area (Å²) in [4.78, 5) is 18.5. The minimum atomic E-state index is -0.791. The molecule has 0 spiro atoms. The van der Waals surface area contributed by atoms with Gasteiger partial charge in [0.15, 0.2) is 0 Å². The number of carbonyl (C=O) groups is 1. The lowest BCUT2D eigenvalue weighted by molar-refractivity contribution is 0.102. The summed E-state index contributed by atoms with van der Waals surface area (Å²) in [6.45, 7) is 0.732. The molecule has 4 rings (SSSR count). The van der Waals surface area contributed by atoms with E-state index < -0.39 is 11.9 Å². The van der Waals surface area contributed by atoms with E-state index in [0.717, 1.165) is 30.5 Å². The number of nitrogens with one attached hydrogen (secondary N) is 1. The van der Waals surface area contributed by atoms with Gasteiger partial charge < -0.3 is 10.2 Å². The van der Waals surface area contributed by atoms with Gasteiger partial charge in [0.1, 0.15) is 0 Å². The molecule has 1 fully saturated rings. The third-order valence-corrected chi connectivity index (χ3v) is 4.68. The largest absolute Gasteiger partial charge is 0.319 e. The van der Waals surface area contributed by atoms with Gasteiger partial charge in [0.05, 0.1) is 23.5 Å². The Morgan fingerprint density at radius 3 is 2.82 bits per heavy atom. The van der Waals surface area contributed by atoms with Crippen LogP contribution in [0.25, 0.3) is 11.1 Å². The maximum atomic E-state index is 14.3. The molecule has 1 saturated carbocycles. The van der Waals surface area contributed by atoms with Gasteiger partial charge in [-0.2, -0.15) is 9.49 Å². The molecule has 1 N–H and O–H groups in total. The van der Waals surface area contributed by atoms with Crippen molar-refractivity contribution in [3.63, 3.8) is 0 Å². The normalized spacial score (nSPS) is 13.7. The summed E-state index contributed by atoms with van der Waals surface area (Å²) in [5.74, 6) is -1.33. The molecule has 1 aliphatic carbocycles. The van der Waals surface area contributed by atoms with Crippen LogP contribution >= 0.6 is 0 Å². The van der Waals surface area contributed by atoms with Crippen molar-refractivity contribution in [3.8, 4) is 11.1 Å². The van der Waals surface area contributed by atoms with E-state index in [0.29, 0.717) is 17.3 Å². The zero-order valence-electron chi connectivity index (χ0n) is 15.9. The Labute approximate surface area is 163 Å². The van der Waals surface area contributed by atoms with Crippen molar-refractivity contribution in [1.29, 1.82) is 0 Å². The van der Waals surface area contributed by atoms with Gasteiger partial charge in [0, 0.05) is 24.5 Å². The lowest BCUT2D eigenvalue weighted by atomic mass is 9.99. The number of hydrogen-bond acceptors (Lipinski definition) is 4. The van der Waals surface area contributed by atoms with Crippen molar-refractivity contribution in [2.75, 3.05) is 19.4 Å². The molecule has 0 aliphatic heterocycles. The van der Waals surface area contributed by atoms with E-state index in [4.69, 9.17) is 0 Å². The molecule has 0 bridgehead atoms. The smallest absolute Gasteiger partial charge is 0.260 e. The van der Waals surface area contributed by atoms with Gasteiger partial charge in [-0.25, -0.2) is 4.98 Å². The second kappa shape index (κ2) is 7.52. The first-order valence-corrected chi connectivity index (χ1v) is 9.25. The molecule has 0 radical (unpaired) electrons. The SMILES string of the molecule is CN(C)Cc1ccccc1-c1cnc(F)c(C(=O)Nc2cnn(C3CC3)c2)c1. The average molecular weight is 379 g/mol. The number of pyridine rings is 1. The molecule has 28 heavy (non-hydrogen) atoms. The fraction of sp³-hybridized carbons (Fsp3) is 0.286. The summed E-state index contributed by atoms with van der Waals surface area (Å²) >= 11 is 0. The number of hydrogen-bond donors (Lipinski definition) is 1. The van der Waals surface area contributed by atoms with Gasteiger partial charge in [0.2, 0.25) is 5.95 Å². The summed E-state index contributed by atoms with van der Waals surface area (Å²) in [5.41, 5.74) is 3.18. The van der Waals surface area contributed by atoms with Crippen LogP contribution < -0.4 is 5.32 Å². The molecule has 144 valence electrons. The first kappa shape index (κ1) is 18.3. The van der Waals surface area contributed by atoms with Gasteiger partial charge in [-0.05, 0) is 44.1 Å². The number of nitrogens with zero attached hydrogens (tertiary/aromatic N) is 4. The van der Waals surface area contributed by atoms with E-state index >= 15 is 0 Å². The molecule has 0 unspecified atom stereocenters.